The number of hydrogen-bond donors (Lipinski definition) is 1. The maximum absolute atomic E-state index is 12.1. The van der Waals surface area contributed by atoms with Crippen LogP contribution in [0.25, 0.3) is 0 Å². The van der Waals surface area contributed by atoms with Crippen LogP contribution in [0.3, 0.4) is 0 Å². The zero-order chi connectivity index (χ0) is 17.7. The van der Waals surface area contributed by atoms with E-state index < -0.39 is 11.6 Å². The molecular formula is C17H24N2O5. The van der Waals surface area contributed by atoms with E-state index in [-0.39, 0.29) is 17.8 Å². The molecule has 1 amide bonds. The Labute approximate surface area is 141 Å². The molecule has 2 rings (SSSR count). The molecular weight excluding hydrogens is 312 g/mol. The Hall–Kier alpha value is -2.31. The fourth-order valence-electron chi connectivity index (χ4n) is 2.47. The number of likely N-dealkylation sites (tertiary alicyclic amines) is 1. The van der Waals surface area contributed by atoms with Gasteiger partial charge in [0.05, 0.1) is 5.56 Å². The number of carbonyl (C=O) groups is 2. The largest absolute Gasteiger partial charge is 0.478 e. The Morgan fingerprint density at radius 3 is 2.71 bits per heavy atom. The van der Waals surface area contributed by atoms with Crippen LogP contribution in [0.5, 0.6) is 5.88 Å². The van der Waals surface area contributed by atoms with Gasteiger partial charge in [0, 0.05) is 31.8 Å². The number of rotatable bonds is 3. The first kappa shape index (κ1) is 18.0. The van der Waals surface area contributed by atoms with Gasteiger partial charge in [-0.3, -0.25) is 0 Å². The fraction of sp³-hybridized carbons (Fsp3) is 0.588. The molecule has 2 heterocycles. The SMILES string of the molecule is CC(C)(C)OC(=O)N1CCCC(Oc2cc(C(=O)O)ccn2)CC1. The molecule has 1 fully saturated rings. The number of carbonyl (C=O) groups excluding carboxylic acids is 1. The van der Waals surface area contributed by atoms with Crippen LogP contribution in [0.4, 0.5) is 4.79 Å². The molecule has 1 atom stereocenters. The first-order chi connectivity index (χ1) is 11.2. The van der Waals surface area contributed by atoms with E-state index >= 15 is 0 Å². The first-order valence-corrected chi connectivity index (χ1v) is 8.08. The molecule has 1 aliphatic heterocycles. The van der Waals surface area contributed by atoms with Gasteiger partial charge in [-0.1, -0.05) is 0 Å². The van der Waals surface area contributed by atoms with Crippen LogP contribution in [0.1, 0.15) is 50.4 Å². The van der Waals surface area contributed by atoms with E-state index in [4.69, 9.17) is 14.6 Å². The van der Waals surface area contributed by atoms with Crippen LogP contribution < -0.4 is 4.74 Å². The highest BCUT2D eigenvalue weighted by atomic mass is 16.6. The van der Waals surface area contributed by atoms with Gasteiger partial charge >= 0.3 is 12.1 Å². The molecule has 1 aromatic heterocycles. The van der Waals surface area contributed by atoms with Crippen LogP contribution in [-0.4, -0.2) is 51.8 Å². The van der Waals surface area contributed by atoms with Crippen molar-refractivity contribution in [2.75, 3.05) is 13.1 Å². The van der Waals surface area contributed by atoms with Crippen LogP contribution in [0.15, 0.2) is 18.3 Å². The Kier molecular flexibility index (Phi) is 5.64. The maximum atomic E-state index is 12.1. The molecule has 1 aromatic rings. The van der Waals surface area contributed by atoms with Crippen LogP contribution in [0, 0.1) is 0 Å². The molecule has 0 bridgehead atoms. The summed E-state index contributed by atoms with van der Waals surface area (Å²) in [5.41, 5.74) is -0.371. The van der Waals surface area contributed by atoms with Gasteiger partial charge in [-0.15, -0.1) is 0 Å². The van der Waals surface area contributed by atoms with Crippen molar-refractivity contribution in [2.45, 2.75) is 51.7 Å². The van der Waals surface area contributed by atoms with E-state index in [2.05, 4.69) is 4.98 Å². The molecule has 132 valence electrons. The second-order valence-corrected chi connectivity index (χ2v) is 6.83. The van der Waals surface area contributed by atoms with Gasteiger partial charge < -0.3 is 19.5 Å². The lowest BCUT2D eigenvalue weighted by atomic mass is 10.1. The second kappa shape index (κ2) is 7.51. The Bertz CT molecular complexity index is 597. The fourth-order valence-corrected chi connectivity index (χ4v) is 2.47. The van der Waals surface area contributed by atoms with E-state index in [0.717, 1.165) is 12.8 Å². The average molecular weight is 336 g/mol. The van der Waals surface area contributed by atoms with Gasteiger partial charge in [0.2, 0.25) is 5.88 Å². The Morgan fingerprint density at radius 1 is 1.29 bits per heavy atom. The van der Waals surface area contributed by atoms with Crippen molar-refractivity contribution in [3.05, 3.63) is 23.9 Å². The molecule has 0 aromatic carbocycles. The third-order valence-corrected chi connectivity index (χ3v) is 3.60. The molecule has 1 aliphatic rings. The van der Waals surface area contributed by atoms with Crippen molar-refractivity contribution in [3.8, 4) is 5.88 Å². The molecule has 0 saturated carbocycles. The highest BCUT2D eigenvalue weighted by molar-refractivity contribution is 5.87. The molecule has 1 N–H and O–H groups in total. The van der Waals surface area contributed by atoms with Crippen LogP contribution >= 0.6 is 0 Å². The molecule has 0 spiro atoms. The number of carboxylic acid groups (broad SMARTS) is 1. The van der Waals surface area contributed by atoms with Crippen LogP contribution in [0.2, 0.25) is 0 Å². The van der Waals surface area contributed by atoms with Gasteiger partial charge in [-0.25, -0.2) is 14.6 Å². The summed E-state index contributed by atoms with van der Waals surface area (Å²) in [7, 11) is 0. The monoisotopic (exact) mass is 336 g/mol. The van der Waals surface area contributed by atoms with Crippen molar-refractivity contribution < 1.29 is 24.2 Å². The summed E-state index contributed by atoms with van der Waals surface area (Å²) in [5, 5.41) is 9.01. The van der Waals surface area contributed by atoms with Gasteiger partial charge in [-0.05, 0) is 39.7 Å². The van der Waals surface area contributed by atoms with Crippen molar-refractivity contribution in [3.63, 3.8) is 0 Å². The van der Waals surface area contributed by atoms with E-state index in [0.29, 0.717) is 25.4 Å². The Morgan fingerprint density at radius 2 is 2.04 bits per heavy atom. The molecule has 0 radical (unpaired) electrons. The number of hydrogen-bond acceptors (Lipinski definition) is 5. The summed E-state index contributed by atoms with van der Waals surface area (Å²) in [4.78, 5) is 28.9. The first-order valence-electron chi connectivity index (χ1n) is 8.08. The maximum Gasteiger partial charge on any atom is 0.410 e. The van der Waals surface area contributed by atoms with Crippen molar-refractivity contribution in [1.82, 2.24) is 9.88 Å². The summed E-state index contributed by atoms with van der Waals surface area (Å²) >= 11 is 0. The lowest BCUT2D eigenvalue weighted by Crippen LogP contribution is -2.37. The van der Waals surface area contributed by atoms with E-state index in [9.17, 15) is 9.59 Å². The number of ether oxygens (including phenoxy) is 2. The lowest BCUT2D eigenvalue weighted by molar-refractivity contribution is 0.0251. The van der Waals surface area contributed by atoms with Gasteiger partial charge in [0.15, 0.2) is 0 Å². The van der Waals surface area contributed by atoms with Crippen molar-refractivity contribution >= 4 is 12.1 Å². The topological polar surface area (TPSA) is 89.0 Å². The molecule has 24 heavy (non-hydrogen) atoms. The Balaban J connectivity index is 1.92. The quantitative estimate of drug-likeness (QED) is 0.913. The van der Waals surface area contributed by atoms with Crippen molar-refractivity contribution in [2.24, 2.45) is 0 Å². The normalized spacial score (nSPS) is 18.6. The number of nitrogens with zero attached hydrogens (tertiary/aromatic N) is 2. The highest BCUT2D eigenvalue weighted by Crippen LogP contribution is 2.20. The molecule has 1 saturated heterocycles. The smallest absolute Gasteiger partial charge is 0.410 e. The third kappa shape index (κ3) is 5.40. The lowest BCUT2D eigenvalue weighted by Gasteiger charge is -2.26. The summed E-state index contributed by atoms with van der Waals surface area (Å²) in [6.07, 6.45) is 3.23. The molecule has 7 heteroatoms. The van der Waals surface area contributed by atoms with Crippen LogP contribution in [-0.2, 0) is 4.74 Å². The number of pyridine rings is 1. The number of aromatic nitrogens is 1. The summed E-state index contributed by atoms with van der Waals surface area (Å²) in [5.74, 6) is -0.718. The number of amides is 1. The minimum Gasteiger partial charge on any atom is -0.478 e. The molecule has 7 nitrogen and oxygen atoms in total. The van der Waals surface area contributed by atoms with Gasteiger partial charge in [0.1, 0.15) is 11.7 Å². The van der Waals surface area contributed by atoms with Gasteiger partial charge in [0.25, 0.3) is 0 Å². The predicted octanol–water partition coefficient (Wildman–Crippen LogP) is 2.95. The standard InChI is InChI=1S/C17H24N2O5/c1-17(2,3)24-16(22)19-9-4-5-13(7-10-19)23-14-11-12(15(20)21)6-8-18-14/h6,8,11,13H,4-5,7,9-10H2,1-3H3,(H,20,21). The predicted molar refractivity (Wildman–Crippen MR) is 87.3 cm³/mol. The van der Waals surface area contributed by atoms with Crippen molar-refractivity contribution in [1.29, 1.82) is 0 Å². The zero-order valence-corrected chi connectivity index (χ0v) is 14.3. The summed E-state index contributed by atoms with van der Waals surface area (Å²) in [6.45, 7) is 6.69. The minimum absolute atomic E-state index is 0.103. The summed E-state index contributed by atoms with van der Waals surface area (Å²) in [6, 6.07) is 2.84. The zero-order valence-electron chi connectivity index (χ0n) is 14.3. The average Bonchev–Trinajstić information content (AvgIpc) is 2.71. The van der Waals surface area contributed by atoms with E-state index in [1.807, 2.05) is 20.8 Å². The molecule has 0 aliphatic carbocycles. The second-order valence-electron chi connectivity index (χ2n) is 6.83. The minimum atomic E-state index is -1.01. The van der Waals surface area contributed by atoms with Gasteiger partial charge in [-0.2, -0.15) is 0 Å². The molecule has 1 unspecified atom stereocenters. The number of aromatic carboxylic acids is 1. The summed E-state index contributed by atoms with van der Waals surface area (Å²) < 4.78 is 11.2. The number of carboxylic acids is 1. The van der Waals surface area contributed by atoms with E-state index in [1.165, 1.54) is 18.3 Å². The highest BCUT2D eigenvalue weighted by Gasteiger charge is 2.26. The van der Waals surface area contributed by atoms with E-state index in [1.54, 1.807) is 4.90 Å². The third-order valence-electron chi connectivity index (χ3n) is 3.60.